The number of amides is 1. The van der Waals surface area contributed by atoms with E-state index in [0.717, 1.165) is 0 Å². The first-order valence-corrected chi connectivity index (χ1v) is 5.95. The molecule has 1 aliphatic heterocycles. The number of hydrogen-bond acceptors (Lipinski definition) is 4. The number of carbonyl (C=O) groups is 1. The first kappa shape index (κ1) is 12.7. The second-order valence-electron chi connectivity index (χ2n) is 4.42. The van der Waals surface area contributed by atoms with Crippen molar-refractivity contribution in [1.29, 1.82) is 0 Å². The summed E-state index contributed by atoms with van der Waals surface area (Å²) in [5, 5.41) is 0. The quantitative estimate of drug-likeness (QED) is 0.799. The number of nitrogen functional groups attached to an aromatic ring is 1. The lowest BCUT2D eigenvalue weighted by Crippen LogP contribution is -2.47. The van der Waals surface area contributed by atoms with Crippen LogP contribution in [0.25, 0.3) is 0 Å². The van der Waals surface area contributed by atoms with Gasteiger partial charge < -0.3 is 20.1 Å². The molecule has 0 saturated carbocycles. The lowest BCUT2D eigenvalue weighted by molar-refractivity contribution is 0.00358. The van der Waals surface area contributed by atoms with Crippen LogP contribution in [0.5, 0.6) is 5.75 Å². The Morgan fingerprint density at radius 1 is 1.50 bits per heavy atom. The van der Waals surface area contributed by atoms with Gasteiger partial charge in [-0.25, -0.2) is 0 Å². The normalized spacial score (nSPS) is 19.7. The third-order valence-electron chi connectivity index (χ3n) is 3.04. The average molecular weight is 250 g/mol. The molecule has 0 spiro atoms. The van der Waals surface area contributed by atoms with Gasteiger partial charge in [-0.3, -0.25) is 4.79 Å². The molecule has 0 aromatic heterocycles. The number of carbonyl (C=O) groups excluding carboxylic acids is 1. The van der Waals surface area contributed by atoms with E-state index in [4.69, 9.17) is 15.2 Å². The van der Waals surface area contributed by atoms with Gasteiger partial charge in [0, 0.05) is 23.9 Å². The number of nitrogens with two attached hydrogens (primary N) is 1. The van der Waals surface area contributed by atoms with E-state index in [0.29, 0.717) is 36.8 Å². The van der Waals surface area contributed by atoms with Crippen LogP contribution in [0.4, 0.5) is 5.69 Å². The van der Waals surface area contributed by atoms with Crippen LogP contribution in [-0.2, 0) is 4.74 Å². The van der Waals surface area contributed by atoms with E-state index in [1.54, 1.807) is 30.2 Å². The number of nitrogens with zero attached hydrogens (tertiary/aromatic N) is 1. The summed E-state index contributed by atoms with van der Waals surface area (Å²) in [6, 6.07) is 5.16. The van der Waals surface area contributed by atoms with Gasteiger partial charge in [0.25, 0.3) is 5.91 Å². The van der Waals surface area contributed by atoms with E-state index in [1.165, 1.54) is 0 Å². The number of morpholine rings is 1. The average Bonchev–Trinajstić information content (AvgIpc) is 2.37. The molecule has 1 amide bonds. The Bertz CT molecular complexity index is 448. The zero-order valence-electron chi connectivity index (χ0n) is 10.7. The maximum atomic E-state index is 12.4. The minimum absolute atomic E-state index is 0.0311. The first-order chi connectivity index (χ1) is 8.61. The minimum atomic E-state index is -0.0311. The Labute approximate surface area is 106 Å². The van der Waals surface area contributed by atoms with Gasteiger partial charge in [-0.05, 0) is 19.1 Å². The highest BCUT2D eigenvalue weighted by Crippen LogP contribution is 2.21. The van der Waals surface area contributed by atoms with Crippen LogP contribution in [0.3, 0.4) is 0 Å². The van der Waals surface area contributed by atoms with Crippen molar-refractivity contribution in [3.63, 3.8) is 0 Å². The predicted octanol–water partition coefficient (Wildman–Crippen LogP) is 1.14. The van der Waals surface area contributed by atoms with Crippen LogP contribution in [0, 0.1) is 0 Å². The maximum absolute atomic E-state index is 12.4. The summed E-state index contributed by atoms with van der Waals surface area (Å²) in [4.78, 5) is 14.2. The van der Waals surface area contributed by atoms with Gasteiger partial charge in [-0.2, -0.15) is 0 Å². The molecule has 1 aromatic rings. The predicted molar refractivity (Wildman–Crippen MR) is 68.7 cm³/mol. The highest BCUT2D eigenvalue weighted by molar-refractivity contribution is 5.95. The zero-order chi connectivity index (χ0) is 13.1. The van der Waals surface area contributed by atoms with E-state index in [1.807, 2.05) is 6.92 Å². The van der Waals surface area contributed by atoms with Gasteiger partial charge >= 0.3 is 0 Å². The van der Waals surface area contributed by atoms with Crippen molar-refractivity contribution in [2.45, 2.75) is 13.0 Å². The number of anilines is 1. The molecule has 18 heavy (non-hydrogen) atoms. The van der Waals surface area contributed by atoms with Crippen molar-refractivity contribution in [3.8, 4) is 5.75 Å². The first-order valence-electron chi connectivity index (χ1n) is 5.95. The summed E-state index contributed by atoms with van der Waals surface area (Å²) in [5.41, 5.74) is 6.84. The number of hydrogen-bond donors (Lipinski definition) is 1. The summed E-state index contributed by atoms with van der Waals surface area (Å²) in [7, 11) is 1.56. The van der Waals surface area contributed by atoms with Gasteiger partial charge in [0.05, 0.1) is 26.4 Å². The monoisotopic (exact) mass is 250 g/mol. The summed E-state index contributed by atoms with van der Waals surface area (Å²) < 4.78 is 10.4. The fourth-order valence-corrected chi connectivity index (χ4v) is 2.06. The third-order valence-corrected chi connectivity index (χ3v) is 3.04. The number of benzene rings is 1. The molecule has 1 aliphatic rings. The lowest BCUT2D eigenvalue weighted by Gasteiger charge is -2.33. The molecule has 0 aliphatic carbocycles. The van der Waals surface area contributed by atoms with E-state index >= 15 is 0 Å². The Morgan fingerprint density at radius 3 is 2.94 bits per heavy atom. The molecule has 1 heterocycles. The number of rotatable bonds is 2. The number of methoxy groups -OCH3 is 1. The molecule has 2 N–H and O–H groups in total. The number of ether oxygens (including phenoxy) is 2. The standard InChI is InChI=1S/C13H18N2O3/c1-9-8-18-4-3-15(9)13(16)10-5-11(14)7-12(6-10)17-2/h5-7,9H,3-4,8,14H2,1-2H3/t9-/m1/s1. The van der Waals surface area contributed by atoms with Crippen molar-refractivity contribution in [2.75, 3.05) is 32.6 Å². The molecule has 1 fully saturated rings. The molecule has 1 saturated heterocycles. The second-order valence-corrected chi connectivity index (χ2v) is 4.42. The van der Waals surface area contributed by atoms with Crippen LogP contribution in [0.1, 0.15) is 17.3 Å². The Hall–Kier alpha value is -1.75. The maximum Gasteiger partial charge on any atom is 0.254 e. The lowest BCUT2D eigenvalue weighted by atomic mass is 10.1. The topological polar surface area (TPSA) is 64.8 Å². The van der Waals surface area contributed by atoms with Crippen LogP contribution in [0.15, 0.2) is 18.2 Å². The molecule has 1 aromatic carbocycles. The van der Waals surface area contributed by atoms with E-state index in [9.17, 15) is 4.79 Å². The Kier molecular flexibility index (Phi) is 3.72. The third kappa shape index (κ3) is 2.56. The molecule has 0 unspecified atom stereocenters. The fraction of sp³-hybridized carbons (Fsp3) is 0.462. The van der Waals surface area contributed by atoms with Crippen LogP contribution in [0.2, 0.25) is 0 Å². The highest BCUT2D eigenvalue weighted by atomic mass is 16.5. The van der Waals surface area contributed by atoms with Crippen molar-refractivity contribution in [3.05, 3.63) is 23.8 Å². The van der Waals surface area contributed by atoms with E-state index in [2.05, 4.69) is 0 Å². The van der Waals surface area contributed by atoms with Crippen molar-refractivity contribution < 1.29 is 14.3 Å². The molecule has 5 nitrogen and oxygen atoms in total. The molecular formula is C13H18N2O3. The molecule has 0 bridgehead atoms. The van der Waals surface area contributed by atoms with Crippen LogP contribution < -0.4 is 10.5 Å². The Balaban J connectivity index is 2.24. The highest BCUT2D eigenvalue weighted by Gasteiger charge is 2.25. The molecule has 2 rings (SSSR count). The van der Waals surface area contributed by atoms with Gasteiger partial charge in [0.2, 0.25) is 0 Å². The molecule has 1 atom stereocenters. The van der Waals surface area contributed by atoms with Crippen LogP contribution >= 0.6 is 0 Å². The Morgan fingerprint density at radius 2 is 2.28 bits per heavy atom. The van der Waals surface area contributed by atoms with E-state index in [-0.39, 0.29) is 11.9 Å². The summed E-state index contributed by atoms with van der Waals surface area (Å²) in [6.07, 6.45) is 0. The fourth-order valence-electron chi connectivity index (χ4n) is 2.06. The molecule has 5 heteroatoms. The van der Waals surface area contributed by atoms with Crippen molar-refractivity contribution in [2.24, 2.45) is 0 Å². The zero-order valence-corrected chi connectivity index (χ0v) is 10.7. The SMILES string of the molecule is COc1cc(N)cc(C(=O)N2CCOC[C@H]2C)c1. The summed E-state index contributed by atoms with van der Waals surface area (Å²) in [6.45, 7) is 3.73. The summed E-state index contributed by atoms with van der Waals surface area (Å²) >= 11 is 0. The minimum Gasteiger partial charge on any atom is -0.497 e. The van der Waals surface area contributed by atoms with Crippen LogP contribution in [-0.4, -0.2) is 43.7 Å². The smallest absolute Gasteiger partial charge is 0.254 e. The molecule has 98 valence electrons. The van der Waals surface area contributed by atoms with Crippen molar-refractivity contribution >= 4 is 11.6 Å². The van der Waals surface area contributed by atoms with Gasteiger partial charge in [-0.1, -0.05) is 0 Å². The van der Waals surface area contributed by atoms with E-state index < -0.39 is 0 Å². The molecular weight excluding hydrogens is 232 g/mol. The van der Waals surface area contributed by atoms with Gasteiger partial charge in [-0.15, -0.1) is 0 Å². The van der Waals surface area contributed by atoms with Gasteiger partial charge in [0.15, 0.2) is 0 Å². The molecule has 0 radical (unpaired) electrons. The second kappa shape index (κ2) is 5.27. The van der Waals surface area contributed by atoms with Gasteiger partial charge in [0.1, 0.15) is 5.75 Å². The largest absolute Gasteiger partial charge is 0.497 e. The summed E-state index contributed by atoms with van der Waals surface area (Å²) in [5.74, 6) is 0.565. The van der Waals surface area contributed by atoms with Crippen molar-refractivity contribution in [1.82, 2.24) is 4.90 Å².